The van der Waals surface area contributed by atoms with Gasteiger partial charge in [0.25, 0.3) is 0 Å². The molecule has 0 fully saturated rings. The number of carbonyl (C=O) groups is 1. The summed E-state index contributed by atoms with van der Waals surface area (Å²) < 4.78 is 0.986. The van der Waals surface area contributed by atoms with Gasteiger partial charge in [0.05, 0.1) is 5.69 Å². The molecule has 2 rings (SSSR count). The standard InChI is InChI=1S/C13H12BrNO2S/c1-2-10(13(16)17)12-15-11(7-18-12)8-4-3-5-9(14)6-8/h3-7,10H,2H2,1H3,(H,16,17). The zero-order chi connectivity index (χ0) is 13.1. The van der Waals surface area contributed by atoms with Gasteiger partial charge in [0, 0.05) is 15.4 Å². The number of benzene rings is 1. The van der Waals surface area contributed by atoms with Crippen molar-refractivity contribution >= 4 is 33.2 Å². The predicted octanol–water partition coefficient (Wildman–Crippen LogP) is 4.15. The Kier molecular flexibility index (Phi) is 4.14. The summed E-state index contributed by atoms with van der Waals surface area (Å²) in [5.74, 6) is -1.32. The molecule has 1 aromatic heterocycles. The molecule has 0 radical (unpaired) electrons. The van der Waals surface area contributed by atoms with Gasteiger partial charge in [-0.3, -0.25) is 4.79 Å². The molecular formula is C13H12BrNO2S. The maximum Gasteiger partial charge on any atom is 0.313 e. The predicted molar refractivity (Wildman–Crippen MR) is 75.9 cm³/mol. The van der Waals surface area contributed by atoms with Crippen LogP contribution < -0.4 is 0 Å². The highest BCUT2D eigenvalue weighted by Crippen LogP contribution is 2.29. The third kappa shape index (κ3) is 2.79. The first-order valence-electron chi connectivity index (χ1n) is 5.56. The maximum atomic E-state index is 11.1. The topological polar surface area (TPSA) is 50.2 Å². The summed E-state index contributed by atoms with van der Waals surface area (Å²) >= 11 is 4.82. The van der Waals surface area contributed by atoms with Crippen LogP contribution in [-0.4, -0.2) is 16.1 Å². The van der Waals surface area contributed by atoms with E-state index in [-0.39, 0.29) is 0 Å². The zero-order valence-corrected chi connectivity index (χ0v) is 12.2. The lowest BCUT2D eigenvalue weighted by Crippen LogP contribution is -2.09. The van der Waals surface area contributed by atoms with Gasteiger partial charge in [0.15, 0.2) is 0 Å². The van der Waals surface area contributed by atoms with Crippen LogP contribution in [0.2, 0.25) is 0 Å². The molecule has 1 heterocycles. The number of hydrogen-bond acceptors (Lipinski definition) is 3. The number of aliphatic carboxylic acids is 1. The smallest absolute Gasteiger partial charge is 0.313 e. The van der Waals surface area contributed by atoms with Crippen molar-refractivity contribution in [1.82, 2.24) is 4.98 Å². The fraction of sp³-hybridized carbons (Fsp3) is 0.231. The number of nitrogens with zero attached hydrogens (tertiary/aromatic N) is 1. The summed E-state index contributed by atoms with van der Waals surface area (Å²) in [6.07, 6.45) is 0.556. The molecule has 1 atom stereocenters. The average Bonchev–Trinajstić information content (AvgIpc) is 2.79. The minimum atomic E-state index is -0.812. The van der Waals surface area contributed by atoms with Gasteiger partial charge in [-0.1, -0.05) is 35.0 Å². The highest BCUT2D eigenvalue weighted by atomic mass is 79.9. The molecule has 0 saturated heterocycles. The number of hydrogen-bond donors (Lipinski definition) is 1. The molecule has 0 saturated carbocycles. The van der Waals surface area contributed by atoms with E-state index in [1.807, 2.05) is 36.6 Å². The van der Waals surface area contributed by atoms with E-state index in [1.54, 1.807) is 0 Å². The van der Waals surface area contributed by atoms with Gasteiger partial charge in [-0.25, -0.2) is 4.98 Å². The van der Waals surface area contributed by atoms with E-state index >= 15 is 0 Å². The van der Waals surface area contributed by atoms with Crippen LogP contribution in [0, 0.1) is 0 Å². The molecular weight excluding hydrogens is 314 g/mol. The largest absolute Gasteiger partial charge is 0.481 e. The number of halogens is 1. The van der Waals surface area contributed by atoms with Crippen molar-refractivity contribution in [2.45, 2.75) is 19.3 Å². The molecule has 0 amide bonds. The Labute approximate surface area is 118 Å². The Morgan fingerprint density at radius 2 is 2.33 bits per heavy atom. The van der Waals surface area contributed by atoms with Crippen LogP contribution in [0.5, 0.6) is 0 Å². The van der Waals surface area contributed by atoms with E-state index in [0.29, 0.717) is 11.4 Å². The molecule has 3 nitrogen and oxygen atoms in total. The molecule has 18 heavy (non-hydrogen) atoms. The monoisotopic (exact) mass is 325 g/mol. The minimum Gasteiger partial charge on any atom is -0.481 e. The van der Waals surface area contributed by atoms with E-state index in [9.17, 15) is 4.79 Å². The van der Waals surface area contributed by atoms with Crippen molar-refractivity contribution in [2.24, 2.45) is 0 Å². The Balaban J connectivity index is 2.33. The zero-order valence-electron chi connectivity index (χ0n) is 9.76. The van der Waals surface area contributed by atoms with Gasteiger partial charge >= 0.3 is 5.97 Å². The first-order chi connectivity index (χ1) is 8.61. The number of carboxylic acids is 1. The molecule has 0 aliphatic heterocycles. The first kappa shape index (κ1) is 13.2. The first-order valence-corrected chi connectivity index (χ1v) is 7.23. The van der Waals surface area contributed by atoms with Crippen molar-refractivity contribution in [3.05, 3.63) is 39.1 Å². The average molecular weight is 326 g/mol. The molecule has 2 aromatic rings. The number of carboxylic acid groups (broad SMARTS) is 1. The molecule has 94 valence electrons. The lowest BCUT2D eigenvalue weighted by molar-refractivity contribution is -0.138. The van der Waals surface area contributed by atoms with Crippen molar-refractivity contribution < 1.29 is 9.90 Å². The number of thiazole rings is 1. The normalized spacial score (nSPS) is 12.3. The summed E-state index contributed by atoms with van der Waals surface area (Å²) in [5, 5.41) is 11.7. The molecule has 0 aliphatic rings. The second kappa shape index (κ2) is 5.63. The Morgan fingerprint density at radius 3 is 2.94 bits per heavy atom. The van der Waals surface area contributed by atoms with Gasteiger partial charge in [-0.05, 0) is 18.6 Å². The molecule has 1 N–H and O–H groups in total. The van der Waals surface area contributed by atoms with Crippen molar-refractivity contribution in [3.8, 4) is 11.3 Å². The summed E-state index contributed by atoms with van der Waals surface area (Å²) in [7, 11) is 0. The van der Waals surface area contributed by atoms with E-state index in [2.05, 4.69) is 20.9 Å². The van der Waals surface area contributed by atoms with Gasteiger partial charge in [0.1, 0.15) is 10.9 Å². The lowest BCUT2D eigenvalue weighted by Gasteiger charge is -2.04. The van der Waals surface area contributed by atoms with Crippen molar-refractivity contribution in [3.63, 3.8) is 0 Å². The van der Waals surface area contributed by atoms with Crippen LogP contribution in [0.4, 0.5) is 0 Å². The van der Waals surface area contributed by atoms with E-state index < -0.39 is 11.9 Å². The van der Waals surface area contributed by atoms with Gasteiger partial charge in [-0.2, -0.15) is 0 Å². The van der Waals surface area contributed by atoms with Gasteiger partial charge < -0.3 is 5.11 Å². The third-order valence-corrected chi connectivity index (χ3v) is 4.10. The number of rotatable bonds is 4. The third-order valence-electron chi connectivity index (χ3n) is 2.65. The Bertz CT molecular complexity index is 568. The fourth-order valence-corrected chi connectivity index (χ4v) is 3.09. The molecule has 0 bridgehead atoms. The summed E-state index contributed by atoms with van der Waals surface area (Å²) in [6, 6.07) is 7.82. The van der Waals surface area contributed by atoms with E-state index in [0.717, 1.165) is 15.7 Å². The van der Waals surface area contributed by atoms with Crippen molar-refractivity contribution in [1.29, 1.82) is 0 Å². The van der Waals surface area contributed by atoms with Gasteiger partial charge in [-0.15, -0.1) is 11.3 Å². The maximum absolute atomic E-state index is 11.1. The van der Waals surface area contributed by atoms with E-state index in [4.69, 9.17) is 5.11 Å². The second-order valence-corrected chi connectivity index (χ2v) is 5.69. The summed E-state index contributed by atoms with van der Waals surface area (Å²) in [4.78, 5) is 15.5. The molecule has 0 spiro atoms. The summed E-state index contributed by atoms with van der Waals surface area (Å²) in [6.45, 7) is 1.86. The van der Waals surface area contributed by atoms with Crippen molar-refractivity contribution in [2.75, 3.05) is 0 Å². The van der Waals surface area contributed by atoms with Crippen LogP contribution in [0.1, 0.15) is 24.3 Å². The second-order valence-electron chi connectivity index (χ2n) is 3.88. The molecule has 5 heteroatoms. The Morgan fingerprint density at radius 1 is 1.56 bits per heavy atom. The van der Waals surface area contributed by atoms with Crippen LogP contribution in [0.15, 0.2) is 34.1 Å². The number of aromatic nitrogens is 1. The molecule has 0 aliphatic carbocycles. The van der Waals surface area contributed by atoms with Crippen LogP contribution in [-0.2, 0) is 4.79 Å². The molecule has 1 aromatic carbocycles. The fourth-order valence-electron chi connectivity index (χ4n) is 1.68. The SMILES string of the molecule is CCC(C(=O)O)c1nc(-c2cccc(Br)c2)cs1. The molecule has 1 unspecified atom stereocenters. The Hall–Kier alpha value is -1.20. The highest BCUT2D eigenvalue weighted by molar-refractivity contribution is 9.10. The van der Waals surface area contributed by atoms with E-state index in [1.165, 1.54) is 11.3 Å². The van der Waals surface area contributed by atoms with Crippen LogP contribution in [0.25, 0.3) is 11.3 Å². The minimum absolute atomic E-state index is 0.504. The highest BCUT2D eigenvalue weighted by Gasteiger charge is 2.21. The summed E-state index contributed by atoms with van der Waals surface area (Å²) in [5.41, 5.74) is 1.82. The van der Waals surface area contributed by atoms with Gasteiger partial charge in [0.2, 0.25) is 0 Å². The lowest BCUT2D eigenvalue weighted by atomic mass is 10.1. The van der Waals surface area contributed by atoms with Crippen LogP contribution >= 0.6 is 27.3 Å². The van der Waals surface area contributed by atoms with Crippen LogP contribution in [0.3, 0.4) is 0 Å². The quantitative estimate of drug-likeness (QED) is 0.918.